The van der Waals surface area contributed by atoms with Crippen LogP contribution in [0.25, 0.3) is 0 Å². The molecule has 126 valence electrons. The van der Waals surface area contributed by atoms with Crippen molar-refractivity contribution in [2.24, 2.45) is 0 Å². The first-order valence-corrected chi connectivity index (χ1v) is 7.18. The van der Waals surface area contributed by atoms with Crippen molar-refractivity contribution in [1.82, 2.24) is 0 Å². The molecule has 0 saturated carbocycles. The van der Waals surface area contributed by atoms with Crippen LogP contribution in [0.2, 0.25) is 0 Å². The van der Waals surface area contributed by atoms with Crippen molar-refractivity contribution in [3.63, 3.8) is 0 Å². The third kappa shape index (κ3) is 105. The van der Waals surface area contributed by atoms with Crippen molar-refractivity contribution in [2.75, 3.05) is 13.2 Å². The minimum absolute atomic E-state index is 0.0473. The first-order chi connectivity index (χ1) is 9.74. The molecule has 0 spiro atoms. The van der Waals surface area contributed by atoms with Crippen LogP contribution in [-0.4, -0.2) is 35.5 Å². The van der Waals surface area contributed by atoms with Gasteiger partial charge in [0, 0.05) is 11.7 Å². The van der Waals surface area contributed by atoms with Gasteiger partial charge in [0.25, 0.3) is 0 Å². The summed E-state index contributed by atoms with van der Waals surface area (Å²) in [6.07, 6.45) is 3.83. The van der Waals surface area contributed by atoms with Gasteiger partial charge in [0.15, 0.2) is 0 Å². The molecular formula is C15H32O5Ti. The van der Waals surface area contributed by atoms with Crippen molar-refractivity contribution in [1.29, 1.82) is 0 Å². The number of carbonyl (C=O) groups is 1. The first-order valence-electron chi connectivity index (χ1n) is 6.54. The number of ether oxygens (including phenoxy) is 1. The zero-order chi connectivity index (χ0) is 18.3. The van der Waals surface area contributed by atoms with Gasteiger partial charge in [-0.2, -0.15) is 27.7 Å². The topological polar surface area (TPSA) is 83.8 Å². The van der Waals surface area contributed by atoms with E-state index in [1.165, 1.54) is 0 Å². The van der Waals surface area contributed by atoms with Gasteiger partial charge in [0.05, 0.1) is 6.61 Å². The maximum absolute atomic E-state index is 10.5. The summed E-state index contributed by atoms with van der Waals surface area (Å²) >= 11 is 0.750. The van der Waals surface area contributed by atoms with E-state index in [1.807, 2.05) is 40.5 Å². The molecule has 0 aromatic rings. The van der Waals surface area contributed by atoms with Gasteiger partial charge in [-0.1, -0.05) is 6.58 Å². The third-order valence-corrected chi connectivity index (χ3v) is 0.673. The van der Waals surface area contributed by atoms with Crippen molar-refractivity contribution >= 4 is 5.97 Å². The molecule has 5 nitrogen and oxygen atoms in total. The molecule has 0 rings (SSSR count). The van der Waals surface area contributed by atoms with Crippen molar-refractivity contribution in [3.8, 4) is 0 Å². The molecule has 0 aliphatic heterocycles. The Morgan fingerprint density at radius 1 is 1.19 bits per heavy atom. The average Bonchev–Trinajstić information content (AvgIpc) is 2.39. The zero-order valence-corrected chi connectivity index (χ0v) is 16.0. The average molecular weight is 340 g/mol. The van der Waals surface area contributed by atoms with Gasteiger partial charge >= 0.3 is 29.7 Å². The molecule has 2 N–H and O–H groups in total. The van der Waals surface area contributed by atoms with E-state index in [9.17, 15) is 4.79 Å². The Morgan fingerprint density at radius 2 is 1.43 bits per heavy atom. The minimum atomic E-state index is -0.455. The van der Waals surface area contributed by atoms with Crippen molar-refractivity contribution < 1.29 is 43.5 Å². The summed E-state index contributed by atoms with van der Waals surface area (Å²) in [6.45, 7) is 16.3. The fourth-order valence-corrected chi connectivity index (χ4v) is 0.262. The van der Waals surface area contributed by atoms with Crippen molar-refractivity contribution in [2.45, 2.75) is 54.6 Å². The molecule has 0 saturated heterocycles. The van der Waals surface area contributed by atoms with Gasteiger partial charge in [-0.3, -0.25) is 0 Å². The summed E-state index contributed by atoms with van der Waals surface area (Å²) in [5.74, 6) is -0.455. The summed E-state index contributed by atoms with van der Waals surface area (Å²) in [7, 11) is 0. The van der Waals surface area contributed by atoms with E-state index in [-0.39, 0.29) is 19.3 Å². The number of esters is 1. The molecule has 0 radical (unpaired) electrons. The SMILES string of the molecule is C=C(C)C(=O)OCCO.CC(C)O.C[CH-]C.C[CH-]C.[O]=[Ti+2]. The molecule has 6 heteroatoms. The molecule has 0 bridgehead atoms. The molecule has 0 fully saturated rings. The molecule has 0 amide bonds. The summed E-state index contributed by atoms with van der Waals surface area (Å²) < 4.78 is 12.7. The number of carbonyl (C=O) groups excluding carboxylic acids is 1. The zero-order valence-electron chi connectivity index (χ0n) is 14.5. The van der Waals surface area contributed by atoms with Gasteiger partial charge in [-0.15, -0.1) is 0 Å². The van der Waals surface area contributed by atoms with Crippen LogP contribution < -0.4 is 0 Å². The number of aliphatic hydroxyl groups is 2. The fourth-order valence-electron chi connectivity index (χ4n) is 0.262. The normalized spacial score (nSPS) is 7.43. The van der Waals surface area contributed by atoms with Crippen LogP contribution in [0.15, 0.2) is 12.2 Å². The molecule has 0 unspecified atom stereocenters. The summed E-state index contributed by atoms with van der Waals surface area (Å²) in [6, 6.07) is 0. The van der Waals surface area contributed by atoms with Crippen LogP contribution in [-0.2, 0) is 33.3 Å². The number of aliphatic hydroxyl groups excluding tert-OH is 2. The Hall–Kier alpha value is -0.356. The standard InChI is InChI=1S/C6H10O3.C3H8O.2C3H7.O.Ti/c1-5(2)6(8)9-4-3-7;1-3(2)4;2*1-3-2;;/h7H,1,3-4H2,2H3;3-4H,1-2H3;2*3H,1-2H3;;/q;;2*-1;;+2. The molecule has 21 heavy (non-hydrogen) atoms. The fraction of sp³-hybridized carbons (Fsp3) is 0.667. The molecule has 0 aromatic carbocycles. The molecule has 0 heterocycles. The van der Waals surface area contributed by atoms with Crippen LogP contribution in [0.3, 0.4) is 0 Å². The van der Waals surface area contributed by atoms with E-state index < -0.39 is 5.97 Å². The van der Waals surface area contributed by atoms with E-state index in [1.54, 1.807) is 20.8 Å². The number of hydrogen-bond donors (Lipinski definition) is 2. The van der Waals surface area contributed by atoms with Gasteiger partial charge in [-0.05, 0) is 20.8 Å². The third-order valence-electron chi connectivity index (χ3n) is 0.673. The summed E-state index contributed by atoms with van der Waals surface area (Å²) in [5.41, 5.74) is 0.350. The Balaban J connectivity index is -0.0000000596. The predicted octanol–water partition coefficient (Wildman–Crippen LogP) is 2.82. The Kier molecular flexibility index (Phi) is 56.9. The van der Waals surface area contributed by atoms with Gasteiger partial charge in [0.2, 0.25) is 0 Å². The first kappa shape index (κ1) is 32.6. The Labute approximate surface area is 142 Å². The van der Waals surface area contributed by atoms with E-state index >= 15 is 0 Å². The predicted molar refractivity (Wildman–Crippen MR) is 82.2 cm³/mol. The Morgan fingerprint density at radius 3 is 1.57 bits per heavy atom. The summed E-state index contributed by atoms with van der Waals surface area (Å²) in [5, 5.41) is 16.2. The second-order valence-electron chi connectivity index (χ2n) is 3.89. The van der Waals surface area contributed by atoms with Crippen LogP contribution in [0.5, 0.6) is 0 Å². The maximum atomic E-state index is 10.5. The number of hydrogen-bond acceptors (Lipinski definition) is 5. The van der Waals surface area contributed by atoms with Gasteiger partial charge in [-0.25, -0.2) is 4.79 Å². The quantitative estimate of drug-likeness (QED) is 0.357. The van der Waals surface area contributed by atoms with Crippen LogP contribution >= 0.6 is 0 Å². The van der Waals surface area contributed by atoms with Gasteiger partial charge < -0.3 is 27.8 Å². The van der Waals surface area contributed by atoms with Crippen molar-refractivity contribution in [3.05, 3.63) is 25.0 Å². The molecule has 0 aliphatic rings. The van der Waals surface area contributed by atoms with E-state index in [0.29, 0.717) is 5.57 Å². The van der Waals surface area contributed by atoms with Gasteiger partial charge in [0.1, 0.15) is 6.61 Å². The van der Waals surface area contributed by atoms with E-state index in [2.05, 4.69) is 11.3 Å². The second kappa shape index (κ2) is 36.7. The molecule has 0 aliphatic carbocycles. The molecule has 0 atom stereocenters. The number of rotatable bonds is 3. The van der Waals surface area contributed by atoms with Crippen LogP contribution in [0.1, 0.15) is 48.5 Å². The monoisotopic (exact) mass is 340 g/mol. The summed E-state index contributed by atoms with van der Waals surface area (Å²) in [4.78, 5) is 10.5. The second-order valence-corrected chi connectivity index (χ2v) is 3.89. The van der Waals surface area contributed by atoms with E-state index in [0.717, 1.165) is 20.4 Å². The Bertz CT molecular complexity index is 192. The van der Waals surface area contributed by atoms with Crippen LogP contribution in [0.4, 0.5) is 0 Å². The molecular weight excluding hydrogens is 308 g/mol. The van der Waals surface area contributed by atoms with E-state index in [4.69, 9.17) is 13.5 Å². The molecule has 0 aromatic heterocycles. The van der Waals surface area contributed by atoms with Crippen LogP contribution in [0, 0.1) is 12.8 Å².